The fourth-order valence-electron chi connectivity index (χ4n) is 2.70. The summed E-state index contributed by atoms with van der Waals surface area (Å²) in [5.41, 5.74) is 0.558. The molecule has 1 aromatic heterocycles. The van der Waals surface area contributed by atoms with Gasteiger partial charge in [-0.3, -0.25) is 14.2 Å². The van der Waals surface area contributed by atoms with E-state index in [0.717, 1.165) is 10.8 Å². The first kappa shape index (κ1) is 18.5. The molecule has 3 rings (SSSR count). The van der Waals surface area contributed by atoms with Crippen LogP contribution in [0.25, 0.3) is 21.7 Å². The van der Waals surface area contributed by atoms with Gasteiger partial charge in [-0.15, -0.1) is 0 Å². The monoisotopic (exact) mass is 369 g/mol. The minimum atomic E-state index is -0.329. The van der Waals surface area contributed by atoms with E-state index < -0.39 is 0 Å². The van der Waals surface area contributed by atoms with Gasteiger partial charge in [0.2, 0.25) is 5.91 Å². The number of amides is 1. The molecule has 0 bridgehead atoms. The average molecular weight is 369 g/mol. The first-order valence-electron chi connectivity index (χ1n) is 8.70. The standard InChI is InChI=1S/C20H23N3O2S/c1-12(2)11-21-18(24)13(3)26-20-22-17-10-15-8-6-5-7-14(15)9-16(17)19(25)23(20)4/h5-10,12-13H,11H2,1-4H3,(H,21,24)/t13-/m1/s1. The van der Waals surface area contributed by atoms with Crippen LogP contribution < -0.4 is 10.9 Å². The lowest BCUT2D eigenvalue weighted by molar-refractivity contribution is -0.120. The van der Waals surface area contributed by atoms with Gasteiger partial charge in [0.05, 0.1) is 16.2 Å². The number of carbonyl (C=O) groups is 1. The maximum Gasteiger partial charge on any atom is 0.261 e. The quantitative estimate of drug-likeness (QED) is 0.426. The van der Waals surface area contributed by atoms with Crippen molar-refractivity contribution in [2.75, 3.05) is 6.54 Å². The Hall–Kier alpha value is -2.34. The highest BCUT2D eigenvalue weighted by molar-refractivity contribution is 8.00. The van der Waals surface area contributed by atoms with Crippen molar-refractivity contribution in [1.82, 2.24) is 14.9 Å². The maximum atomic E-state index is 12.8. The Morgan fingerprint density at radius 1 is 1.19 bits per heavy atom. The van der Waals surface area contributed by atoms with Crippen molar-refractivity contribution >= 4 is 39.3 Å². The van der Waals surface area contributed by atoms with Crippen molar-refractivity contribution in [3.05, 3.63) is 46.8 Å². The summed E-state index contributed by atoms with van der Waals surface area (Å²) in [6.07, 6.45) is 0. The van der Waals surface area contributed by atoms with Gasteiger partial charge >= 0.3 is 0 Å². The Morgan fingerprint density at radius 2 is 1.85 bits per heavy atom. The van der Waals surface area contributed by atoms with E-state index >= 15 is 0 Å². The van der Waals surface area contributed by atoms with Crippen LogP contribution in [-0.4, -0.2) is 27.3 Å². The summed E-state index contributed by atoms with van der Waals surface area (Å²) in [5.74, 6) is 0.351. The van der Waals surface area contributed by atoms with E-state index in [2.05, 4.69) is 24.1 Å². The van der Waals surface area contributed by atoms with Crippen LogP contribution in [0.15, 0.2) is 46.3 Å². The summed E-state index contributed by atoms with van der Waals surface area (Å²) in [6.45, 7) is 6.57. The predicted octanol–water partition coefficient (Wildman–Crippen LogP) is 3.34. The third-order valence-corrected chi connectivity index (χ3v) is 5.38. The van der Waals surface area contributed by atoms with Crippen molar-refractivity contribution in [2.24, 2.45) is 13.0 Å². The van der Waals surface area contributed by atoms with Crippen LogP contribution >= 0.6 is 11.8 Å². The first-order chi connectivity index (χ1) is 12.4. The van der Waals surface area contributed by atoms with Gasteiger partial charge in [0.25, 0.3) is 5.56 Å². The molecule has 0 aliphatic carbocycles. The Labute approximate surface area is 156 Å². The van der Waals surface area contributed by atoms with E-state index in [1.165, 1.54) is 16.3 Å². The van der Waals surface area contributed by atoms with Crippen LogP contribution in [0, 0.1) is 5.92 Å². The lowest BCUT2D eigenvalue weighted by Crippen LogP contribution is -2.34. The van der Waals surface area contributed by atoms with Gasteiger partial charge in [-0.1, -0.05) is 49.9 Å². The summed E-state index contributed by atoms with van der Waals surface area (Å²) in [4.78, 5) is 29.7. The fourth-order valence-corrected chi connectivity index (χ4v) is 3.60. The summed E-state index contributed by atoms with van der Waals surface area (Å²) in [7, 11) is 1.70. The highest BCUT2D eigenvalue weighted by Crippen LogP contribution is 2.24. The molecule has 1 heterocycles. The number of nitrogens with zero attached hydrogens (tertiary/aromatic N) is 2. The molecule has 1 N–H and O–H groups in total. The molecular weight excluding hydrogens is 346 g/mol. The molecule has 0 unspecified atom stereocenters. The van der Waals surface area contributed by atoms with Crippen molar-refractivity contribution in [3.63, 3.8) is 0 Å². The summed E-state index contributed by atoms with van der Waals surface area (Å²) in [6, 6.07) is 11.7. The van der Waals surface area contributed by atoms with Gasteiger partial charge < -0.3 is 5.32 Å². The van der Waals surface area contributed by atoms with Crippen LogP contribution in [-0.2, 0) is 11.8 Å². The molecule has 2 aromatic carbocycles. The number of aromatic nitrogens is 2. The van der Waals surface area contributed by atoms with E-state index in [1.54, 1.807) is 7.05 Å². The normalized spacial score (nSPS) is 12.7. The predicted molar refractivity (Wildman–Crippen MR) is 108 cm³/mol. The lowest BCUT2D eigenvalue weighted by atomic mass is 10.1. The molecule has 0 radical (unpaired) electrons. The van der Waals surface area contributed by atoms with Crippen molar-refractivity contribution in [3.8, 4) is 0 Å². The average Bonchev–Trinajstić information content (AvgIpc) is 2.62. The van der Waals surface area contributed by atoms with Gasteiger partial charge in [-0.2, -0.15) is 0 Å². The Morgan fingerprint density at radius 3 is 2.50 bits per heavy atom. The molecular formula is C20H23N3O2S. The minimum Gasteiger partial charge on any atom is -0.355 e. The first-order valence-corrected chi connectivity index (χ1v) is 9.58. The molecule has 1 atom stereocenters. The molecule has 6 heteroatoms. The van der Waals surface area contributed by atoms with Gasteiger partial charge in [0.1, 0.15) is 0 Å². The van der Waals surface area contributed by atoms with E-state index in [1.807, 2.05) is 43.3 Å². The molecule has 0 aliphatic rings. The largest absolute Gasteiger partial charge is 0.355 e. The second-order valence-electron chi connectivity index (χ2n) is 6.87. The number of carbonyl (C=O) groups excluding carboxylic acids is 1. The number of thioether (sulfide) groups is 1. The third-order valence-electron chi connectivity index (χ3n) is 4.24. The Balaban J connectivity index is 1.96. The fraction of sp³-hybridized carbons (Fsp3) is 0.350. The van der Waals surface area contributed by atoms with Crippen LogP contribution in [0.4, 0.5) is 0 Å². The molecule has 0 spiro atoms. The van der Waals surface area contributed by atoms with Gasteiger partial charge in [0.15, 0.2) is 5.16 Å². The second kappa shape index (κ2) is 7.50. The highest BCUT2D eigenvalue weighted by Gasteiger charge is 2.18. The molecule has 1 amide bonds. The van der Waals surface area contributed by atoms with Crippen LogP contribution in [0.5, 0.6) is 0 Å². The van der Waals surface area contributed by atoms with E-state index in [-0.39, 0.29) is 16.7 Å². The van der Waals surface area contributed by atoms with E-state index in [4.69, 9.17) is 0 Å². The lowest BCUT2D eigenvalue weighted by Gasteiger charge is -2.15. The molecule has 0 saturated heterocycles. The van der Waals surface area contributed by atoms with Gasteiger partial charge in [-0.05, 0) is 35.7 Å². The van der Waals surface area contributed by atoms with Crippen LogP contribution in [0.2, 0.25) is 0 Å². The van der Waals surface area contributed by atoms with Crippen LogP contribution in [0.1, 0.15) is 20.8 Å². The molecule has 5 nitrogen and oxygen atoms in total. The molecule has 26 heavy (non-hydrogen) atoms. The smallest absolute Gasteiger partial charge is 0.261 e. The van der Waals surface area contributed by atoms with Crippen molar-refractivity contribution in [1.29, 1.82) is 0 Å². The van der Waals surface area contributed by atoms with Gasteiger partial charge in [0, 0.05) is 13.6 Å². The SMILES string of the molecule is CC(C)CNC(=O)[C@@H](C)Sc1nc2cc3ccccc3cc2c(=O)n1C. The van der Waals surface area contributed by atoms with Crippen molar-refractivity contribution in [2.45, 2.75) is 31.2 Å². The number of benzene rings is 2. The number of nitrogens with one attached hydrogen (secondary N) is 1. The Bertz CT molecular complexity index is 1030. The molecule has 0 aliphatic heterocycles. The zero-order valence-corrected chi connectivity index (χ0v) is 16.3. The topological polar surface area (TPSA) is 64.0 Å². The summed E-state index contributed by atoms with van der Waals surface area (Å²) >= 11 is 1.30. The third kappa shape index (κ3) is 3.75. The number of hydrogen-bond acceptors (Lipinski definition) is 4. The molecule has 0 fully saturated rings. The maximum absolute atomic E-state index is 12.8. The number of fused-ring (bicyclic) bond motifs is 2. The Kier molecular flexibility index (Phi) is 5.32. The molecule has 0 saturated carbocycles. The molecule has 3 aromatic rings. The second-order valence-corrected chi connectivity index (χ2v) is 8.18. The van der Waals surface area contributed by atoms with E-state index in [0.29, 0.717) is 28.5 Å². The van der Waals surface area contributed by atoms with Gasteiger partial charge in [-0.25, -0.2) is 4.98 Å². The minimum absolute atomic E-state index is 0.0449. The van der Waals surface area contributed by atoms with Crippen molar-refractivity contribution < 1.29 is 4.79 Å². The number of hydrogen-bond donors (Lipinski definition) is 1. The van der Waals surface area contributed by atoms with E-state index in [9.17, 15) is 9.59 Å². The zero-order chi connectivity index (χ0) is 18.8. The van der Waals surface area contributed by atoms with Crippen LogP contribution in [0.3, 0.4) is 0 Å². The summed E-state index contributed by atoms with van der Waals surface area (Å²) < 4.78 is 1.52. The number of rotatable bonds is 5. The highest BCUT2D eigenvalue weighted by atomic mass is 32.2. The zero-order valence-electron chi connectivity index (χ0n) is 15.4. The summed E-state index contributed by atoms with van der Waals surface area (Å²) in [5, 5.41) is 5.79. The molecule has 136 valence electrons.